The van der Waals surface area contributed by atoms with E-state index in [0.29, 0.717) is 10.7 Å². The van der Waals surface area contributed by atoms with Crippen molar-refractivity contribution in [3.8, 4) is 5.69 Å². The van der Waals surface area contributed by atoms with Crippen LogP contribution >= 0.6 is 23.2 Å². The quantitative estimate of drug-likeness (QED) is 0.553. The molecule has 2 aromatic carbocycles. The van der Waals surface area contributed by atoms with E-state index in [9.17, 15) is 14.0 Å². The van der Waals surface area contributed by atoms with Crippen molar-refractivity contribution in [2.45, 2.75) is 0 Å². The molecule has 4 aromatic rings. The molecule has 140 valence electrons. The standard InChI is InChI=1S/C18H10Cl2FN5O2/c19-10-3-1-4-11(7-10)26-16-12(8-23-26)18(28)25(9-22-16)24-17(27)15-13(20)5-2-6-14(15)21/h1-9H,(H,24,27). The van der Waals surface area contributed by atoms with E-state index in [0.717, 1.165) is 17.1 Å². The topological polar surface area (TPSA) is 81.8 Å². The lowest BCUT2D eigenvalue weighted by atomic mass is 10.2. The van der Waals surface area contributed by atoms with Crippen molar-refractivity contribution in [1.29, 1.82) is 0 Å². The van der Waals surface area contributed by atoms with Crippen LogP contribution in [0.5, 0.6) is 0 Å². The third-order valence-electron chi connectivity index (χ3n) is 3.95. The molecule has 0 atom stereocenters. The first kappa shape index (κ1) is 18.1. The summed E-state index contributed by atoms with van der Waals surface area (Å²) in [6.07, 6.45) is 2.43. The maximum atomic E-state index is 13.9. The zero-order valence-corrected chi connectivity index (χ0v) is 15.4. The molecule has 28 heavy (non-hydrogen) atoms. The summed E-state index contributed by atoms with van der Waals surface area (Å²) in [6.45, 7) is 0. The van der Waals surface area contributed by atoms with E-state index < -0.39 is 17.3 Å². The Hall–Kier alpha value is -3.23. The molecule has 0 unspecified atom stereocenters. The maximum Gasteiger partial charge on any atom is 0.283 e. The molecule has 0 aliphatic heterocycles. The molecule has 0 saturated heterocycles. The minimum atomic E-state index is -0.881. The molecule has 0 saturated carbocycles. The Morgan fingerprint density at radius 3 is 2.68 bits per heavy atom. The Bertz CT molecular complexity index is 1260. The zero-order valence-electron chi connectivity index (χ0n) is 13.9. The van der Waals surface area contributed by atoms with Crippen LogP contribution in [0.15, 0.2) is 59.8 Å². The summed E-state index contributed by atoms with van der Waals surface area (Å²) in [5.74, 6) is -1.69. The van der Waals surface area contributed by atoms with Crippen molar-refractivity contribution in [3.05, 3.63) is 86.8 Å². The van der Waals surface area contributed by atoms with Gasteiger partial charge in [-0.25, -0.2) is 18.7 Å². The second kappa shape index (κ2) is 7.06. The van der Waals surface area contributed by atoms with Gasteiger partial charge < -0.3 is 0 Å². The second-order valence-corrected chi connectivity index (χ2v) is 6.57. The highest BCUT2D eigenvalue weighted by molar-refractivity contribution is 6.34. The molecular weight excluding hydrogens is 408 g/mol. The molecule has 4 rings (SSSR count). The highest BCUT2D eigenvalue weighted by Crippen LogP contribution is 2.19. The number of aromatic nitrogens is 4. The van der Waals surface area contributed by atoms with Gasteiger partial charge in [0.25, 0.3) is 11.5 Å². The van der Waals surface area contributed by atoms with Crippen molar-refractivity contribution < 1.29 is 9.18 Å². The fraction of sp³-hybridized carbons (Fsp3) is 0. The van der Waals surface area contributed by atoms with Crippen LogP contribution in [0.2, 0.25) is 10.0 Å². The molecule has 1 amide bonds. The zero-order chi connectivity index (χ0) is 19.8. The Labute approximate surface area is 166 Å². The molecular formula is C18H10Cl2FN5O2. The number of halogens is 3. The van der Waals surface area contributed by atoms with Crippen LogP contribution in [0, 0.1) is 5.82 Å². The fourth-order valence-corrected chi connectivity index (χ4v) is 3.10. The largest absolute Gasteiger partial charge is 0.283 e. The van der Waals surface area contributed by atoms with Gasteiger partial charge in [-0.05, 0) is 30.3 Å². The number of benzene rings is 2. The molecule has 2 aromatic heterocycles. The van der Waals surface area contributed by atoms with Crippen LogP contribution in [0.25, 0.3) is 16.7 Å². The average Bonchev–Trinajstić information content (AvgIpc) is 3.09. The van der Waals surface area contributed by atoms with Crippen LogP contribution in [0.1, 0.15) is 10.4 Å². The van der Waals surface area contributed by atoms with E-state index in [2.05, 4.69) is 15.5 Å². The molecule has 0 bridgehead atoms. The third-order valence-corrected chi connectivity index (χ3v) is 4.50. The number of hydrogen-bond acceptors (Lipinski definition) is 4. The third kappa shape index (κ3) is 3.12. The molecule has 0 aliphatic rings. The number of nitrogens with zero attached hydrogens (tertiary/aromatic N) is 4. The second-order valence-electron chi connectivity index (χ2n) is 5.73. The van der Waals surface area contributed by atoms with Crippen molar-refractivity contribution in [2.24, 2.45) is 0 Å². The van der Waals surface area contributed by atoms with Gasteiger partial charge >= 0.3 is 0 Å². The van der Waals surface area contributed by atoms with E-state index in [-0.39, 0.29) is 21.6 Å². The minimum Gasteiger partial charge on any atom is -0.267 e. The number of rotatable bonds is 3. The van der Waals surface area contributed by atoms with Crippen LogP contribution < -0.4 is 11.0 Å². The molecule has 7 nitrogen and oxygen atoms in total. The van der Waals surface area contributed by atoms with Crippen LogP contribution in [0.4, 0.5) is 4.39 Å². The Balaban J connectivity index is 1.74. The average molecular weight is 418 g/mol. The van der Waals surface area contributed by atoms with Crippen molar-refractivity contribution >= 4 is 40.1 Å². The first-order valence-electron chi connectivity index (χ1n) is 7.92. The van der Waals surface area contributed by atoms with Gasteiger partial charge in [0, 0.05) is 5.02 Å². The molecule has 2 heterocycles. The number of carbonyl (C=O) groups is 1. The predicted molar refractivity (Wildman–Crippen MR) is 103 cm³/mol. The normalized spacial score (nSPS) is 11.0. The van der Waals surface area contributed by atoms with Gasteiger partial charge in [-0.1, -0.05) is 35.3 Å². The number of carbonyl (C=O) groups excluding carboxylic acids is 1. The Morgan fingerprint density at radius 1 is 1.14 bits per heavy atom. The maximum absolute atomic E-state index is 13.9. The lowest BCUT2D eigenvalue weighted by Gasteiger charge is -2.09. The summed E-state index contributed by atoms with van der Waals surface area (Å²) in [4.78, 5) is 29.2. The van der Waals surface area contributed by atoms with E-state index >= 15 is 0 Å². The SMILES string of the molecule is O=C(Nn1cnc2c(cnn2-c2cccc(Cl)c2)c1=O)c1c(F)cccc1Cl. The van der Waals surface area contributed by atoms with Crippen LogP contribution in [-0.2, 0) is 0 Å². The highest BCUT2D eigenvalue weighted by atomic mass is 35.5. The Kier molecular flexibility index (Phi) is 4.58. The van der Waals surface area contributed by atoms with Gasteiger partial charge in [0.2, 0.25) is 0 Å². The van der Waals surface area contributed by atoms with Crippen LogP contribution in [0.3, 0.4) is 0 Å². The summed E-state index contributed by atoms with van der Waals surface area (Å²) in [7, 11) is 0. The minimum absolute atomic E-state index is 0.0756. The van der Waals surface area contributed by atoms with Gasteiger partial charge in [-0.3, -0.25) is 15.0 Å². The van der Waals surface area contributed by atoms with E-state index in [1.165, 1.54) is 23.0 Å². The van der Waals surface area contributed by atoms with E-state index in [4.69, 9.17) is 23.2 Å². The number of nitrogens with one attached hydrogen (secondary N) is 1. The predicted octanol–water partition coefficient (Wildman–Crippen LogP) is 3.41. The van der Waals surface area contributed by atoms with Crippen LogP contribution in [-0.4, -0.2) is 25.3 Å². The summed E-state index contributed by atoms with van der Waals surface area (Å²) in [5.41, 5.74) is 2.22. The Morgan fingerprint density at radius 2 is 1.93 bits per heavy atom. The van der Waals surface area contributed by atoms with Crippen molar-refractivity contribution in [3.63, 3.8) is 0 Å². The molecule has 0 spiro atoms. The molecule has 10 heteroatoms. The number of amides is 1. The summed E-state index contributed by atoms with van der Waals surface area (Å²) < 4.78 is 16.2. The van der Waals surface area contributed by atoms with Gasteiger partial charge in [-0.15, -0.1) is 0 Å². The first-order valence-corrected chi connectivity index (χ1v) is 8.68. The smallest absolute Gasteiger partial charge is 0.267 e. The number of fused-ring (bicyclic) bond motifs is 1. The molecule has 0 radical (unpaired) electrons. The lowest BCUT2D eigenvalue weighted by molar-refractivity contribution is 0.100. The summed E-state index contributed by atoms with van der Waals surface area (Å²) >= 11 is 11.9. The van der Waals surface area contributed by atoms with E-state index in [1.54, 1.807) is 24.3 Å². The molecule has 1 N–H and O–H groups in total. The van der Waals surface area contributed by atoms with Gasteiger partial charge in [0.05, 0.1) is 22.5 Å². The first-order chi connectivity index (χ1) is 13.5. The van der Waals surface area contributed by atoms with E-state index in [1.807, 2.05) is 0 Å². The molecule has 0 aliphatic carbocycles. The lowest BCUT2D eigenvalue weighted by Crippen LogP contribution is -2.33. The number of hydrogen-bond donors (Lipinski definition) is 1. The highest BCUT2D eigenvalue weighted by Gasteiger charge is 2.18. The van der Waals surface area contributed by atoms with Gasteiger partial charge in [-0.2, -0.15) is 5.10 Å². The van der Waals surface area contributed by atoms with Gasteiger partial charge in [0.1, 0.15) is 17.5 Å². The van der Waals surface area contributed by atoms with Crippen molar-refractivity contribution in [1.82, 2.24) is 19.4 Å². The van der Waals surface area contributed by atoms with Gasteiger partial charge in [0.15, 0.2) is 5.65 Å². The summed E-state index contributed by atoms with van der Waals surface area (Å²) in [5, 5.41) is 4.75. The summed E-state index contributed by atoms with van der Waals surface area (Å²) in [6, 6.07) is 10.7. The van der Waals surface area contributed by atoms with Crippen molar-refractivity contribution in [2.75, 3.05) is 5.43 Å². The molecule has 0 fully saturated rings. The fourth-order valence-electron chi connectivity index (χ4n) is 2.67. The monoisotopic (exact) mass is 417 g/mol.